The molecule has 0 unspecified atom stereocenters. The molecule has 1 aromatic rings. The number of hydrogen-bond donors (Lipinski definition) is 2. The minimum atomic E-state index is -0.318. The van der Waals surface area contributed by atoms with E-state index in [9.17, 15) is 4.79 Å². The molecule has 1 fully saturated rings. The zero-order chi connectivity index (χ0) is 11.0. The molecular formula is C9H12ClN3O2. The van der Waals surface area contributed by atoms with Crippen molar-refractivity contribution < 1.29 is 5.11 Å². The van der Waals surface area contributed by atoms with Gasteiger partial charge in [0.1, 0.15) is 5.02 Å². The van der Waals surface area contributed by atoms with Gasteiger partial charge < -0.3 is 10.4 Å². The van der Waals surface area contributed by atoms with Gasteiger partial charge in [-0.15, -0.1) is 0 Å². The normalized spacial score (nSPS) is 24.7. The molecule has 0 atom stereocenters. The van der Waals surface area contributed by atoms with Crippen LogP contribution in [0.4, 0.5) is 5.69 Å². The van der Waals surface area contributed by atoms with Gasteiger partial charge in [0.15, 0.2) is 0 Å². The van der Waals surface area contributed by atoms with Gasteiger partial charge in [-0.25, -0.2) is 4.68 Å². The Kier molecular flexibility index (Phi) is 2.67. The average Bonchev–Trinajstić information content (AvgIpc) is 2.16. The molecule has 0 radical (unpaired) electrons. The van der Waals surface area contributed by atoms with E-state index in [0.29, 0.717) is 18.5 Å². The third-order valence-corrected chi connectivity index (χ3v) is 2.92. The Morgan fingerprint density at radius 2 is 2.33 bits per heavy atom. The molecule has 15 heavy (non-hydrogen) atoms. The highest BCUT2D eigenvalue weighted by atomic mass is 35.5. The van der Waals surface area contributed by atoms with E-state index in [0.717, 1.165) is 0 Å². The Bertz CT molecular complexity index is 426. The number of rotatable bonds is 2. The van der Waals surface area contributed by atoms with E-state index in [4.69, 9.17) is 16.7 Å². The predicted octanol–water partition coefficient (Wildman–Crippen LogP) is 0.369. The van der Waals surface area contributed by atoms with E-state index in [-0.39, 0.29) is 22.7 Å². The SMILES string of the molecule is Cn1ncc(NC2CC(O)C2)c(Cl)c1=O. The Hall–Kier alpha value is -1.07. The second-order valence-corrected chi connectivity index (χ2v) is 4.15. The number of hydrogen-bond acceptors (Lipinski definition) is 4. The summed E-state index contributed by atoms with van der Waals surface area (Å²) in [4.78, 5) is 11.4. The number of aliphatic hydroxyl groups is 1. The molecule has 1 aromatic heterocycles. The summed E-state index contributed by atoms with van der Waals surface area (Å²) in [6.07, 6.45) is 2.66. The summed E-state index contributed by atoms with van der Waals surface area (Å²) < 4.78 is 1.18. The molecule has 1 saturated carbocycles. The fourth-order valence-corrected chi connectivity index (χ4v) is 1.76. The van der Waals surface area contributed by atoms with Gasteiger partial charge in [-0.1, -0.05) is 11.6 Å². The van der Waals surface area contributed by atoms with Gasteiger partial charge in [-0.05, 0) is 12.8 Å². The molecular weight excluding hydrogens is 218 g/mol. The minimum absolute atomic E-state index is 0.147. The van der Waals surface area contributed by atoms with Crippen LogP contribution in [0.25, 0.3) is 0 Å². The molecule has 1 heterocycles. The first-order valence-electron chi connectivity index (χ1n) is 4.74. The highest BCUT2D eigenvalue weighted by Crippen LogP contribution is 2.25. The molecule has 2 N–H and O–H groups in total. The molecule has 0 amide bonds. The van der Waals surface area contributed by atoms with Crippen molar-refractivity contribution in [3.05, 3.63) is 21.6 Å². The largest absolute Gasteiger partial charge is 0.393 e. The van der Waals surface area contributed by atoms with Crippen molar-refractivity contribution in [3.63, 3.8) is 0 Å². The number of nitrogens with one attached hydrogen (secondary N) is 1. The van der Waals surface area contributed by atoms with Crippen LogP contribution in [0.3, 0.4) is 0 Å². The lowest BCUT2D eigenvalue weighted by Gasteiger charge is -2.32. The number of aromatic nitrogens is 2. The maximum absolute atomic E-state index is 11.4. The van der Waals surface area contributed by atoms with Crippen LogP contribution in [0.1, 0.15) is 12.8 Å². The zero-order valence-electron chi connectivity index (χ0n) is 8.27. The second kappa shape index (κ2) is 3.83. The number of halogens is 1. The number of anilines is 1. The highest BCUT2D eigenvalue weighted by molar-refractivity contribution is 6.32. The van der Waals surface area contributed by atoms with Gasteiger partial charge in [-0.2, -0.15) is 5.10 Å². The fraction of sp³-hybridized carbons (Fsp3) is 0.556. The van der Waals surface area contributed by atoms with Gasteiger partial charge >= 0.3 is 0 Å². The van der Waals surface area contributed by atoms with Gasteiger partial charge in [-0.3, -0.25) is 4.79 Å². The van der Waals surface area contributed by atoms with Crippen LogP contribution in [0.5, 0.6) is 0 Å². The van der Waals surface area contributed by atoms with Gasteiger partial charge in [0.05, 0.1) is 18.0 Å². The average molecular weight is 230 g/mol. The Labute approximate surface area is 91.7 Å². The molecule has 1 aliphatic carbocycles. The zero-order valence-corrected chi connectivity index (χ0v) is 9.03. The van der Waals surface area contributed by atoms with Gasteiger partial charge in [0, 0.05) is 13.1 Å². The van der Waals surface area contributed by atoms with E-state index in [2.05, 4.69) is 10.4 Å². The van der Waals surface area contributed by atoms with E-state index < -0.39 is 0 Å². The Balaban J connectivity index is 2.15. The molecule has 0 bridgehead atoms. The lowest BCUT2D eigenvalue weighted by Crippen LogP contribution is -2.39. The Morgan fingerprint density at radius 1 is 1.67 bits per heavy atom. The van der Waals surface area contributed by atoms with Crippen LogP contribution in [-0.4, -0.2) is 27.0 Å². The van der Waals surface area contributed by atoms with Crippen molar-refractivity contribution in [2.45, 2.75) is 25.0 Å². The van der Waals surface area contributed by atoms with Crippen LogP contribution in [-0.2, 0) is 7.05 Å². The topological polar surface area (TPSA) is 67.2 Å². The molecule has 2 rings (SSSR count). The molecule has 0 aliphatic heterocycles. The summed E-state index contributed by atoms with van der Waals surface area (Å²) >= 11 is 5.86. The first-order valence-corrected chi connectivity index (χ1v) is 5.12. The van der Waals surface area contributed by atoms with Crippen molar-refractivity contribution >= 4 is 17.3 Å². The summed E-state index contributed by atoms with van der Waals surface area (Å²) in [5.74, 6) is 0. The standard InChI is InChI=1S/C9H12ClN3O2/c1-13-9(15)8(10)7(4-11-13)12-5-2-6(14)3-5/h4-6,12,14H,2-3H2,1H3. The van der Waals surface area contributed by atoms with Crippen molar-refractivity contribution in [1.82, 2.24) is 9.78 Å². The molecule has 1 aliphatic rings. The van der Waals surface area contributed by atoms with Crippen molar-refractivity contribution in [2.75, 3.05) is 5.32 Å². The van der Waals surface area contributed by atoms with E-state index >= 15 is 0 Å². The number of nitrogens with zero attached hydrogens (tertiary/aromatic N) is 2. The van der Waals surface area contributed by atoms with E-state index in [1.54, 1.807) is 7.05 Å². The van der Waals surface area contributed by atoms with Crippen molar-refractivity contribution in [2.24, 2.45) is 7.05 Å². The maximum Gasteiger partial charge on any atom is 0.287 e. The molecule has 0 saturated heterocycles. The first-order chi connectivity index (χ1) is 7.08. The summed E-state index contributed by atoms with van der Waals surface area (Å²) in [6.45, 7) is 0. The summed E-state index contributed by atoms with van der Waals surface area (Å²) in [6, 6.07) is 0.186. The molecule has 6 heteroatoms. The molecule has 82 valence electrons. The van der Waals surface area contributed by atoms with Crippen LogP contribution in [0.2, 0.25) is 5.02 Å². The predicted molar refractivity (Wildman–Crippen MR) is 57.1 cm³/mol. The third-order valence-electron chi connectivity index (χ3n) is 2.55. The number of aliphatic hydroxyl groups excluding tert-OH is 1. The lowest BCUT2D eigenvalue weighted by molar-refractivity contribution is 0.0836. The molecule has 0 spiro atoms. The van der Waals surface area contributed by atoms with Crippen LogP contribution < -0.4 is 10.9 Å². The quantitative estimate of drug-likeness (QED) is 0.769. The van der Waals surface area contributed by atoms with E-state index in [1.807, 2.05) is 0 Å². The fourth-order valence-electron chi connectivity index (χ4n) is 1.54. The first kappa shape index (κ1) is 10.4. The maximum atomic E-state index is 11.4. The summed E-state index contributed by atoms with van der Waals surface area (Å²) in [5, 5.41) is 16.2. The third kappa shape index (κ3) is 1.98. The monoisotopic (exact) mass is 229 g/mol. The summed E-state index contributed by atoms with van der Waals surface area (Å²) in [5.41, 5.74) is 0.221. The summed E-state index contributed by atoms with van der Waals surface area (Å²) in [7, 11) is 1.55. The lowest BCUT2D eigenvalue weighted by atomic mass is 9.89. The van der Waals surface area contributed by atoms with Crippen molar-refractivity contribution in [3.8, 4) is 0 Å². The second-order valence-electron chi connectivity index (χ2n) is 3.77. The van der Waals surface area contributed by atoms with Gasteiger partial charge in [0.25, 0.3) is 5.56 Å². The highest BCUT2D eigenvalue weighted by Gasteiger charge is 2.27. The van der Waals surface area contributed by atoms with Crippen LogP contribution in [0.15, 0.2) is 11.0 Å². The van der Waals surface area contributed by atoms with E-state index in [1.165, 1.54) is 10.9 Å². The Morgan fingerprint density at radius 3 is 2.93 bits per heavy atom. The van der Waals surface area contributed by atoms with Crippen molar-refractivity contribution in [1.29, 1.82) is 0 Å². The minimum Gasteiger partial charge on any atom is -0.393 e. The van der Waals surface area contributed by atoms with Crippen LogP contribution in [0, 0.1) is 0 Å². The molecule has 0 aromatic carbocycles. The molecule has 5 nitrogen and oxygen atoms in total. The smallest absolute Gasteiger partial charge is 0.287 e. The number of aryl methyl sites for hydroxylation is 1. The van der Waals surface area contributed by atoms with Gasteiger partial charge in [0.2, 0.25) is 0 Å². The van der Waals surface area contributed by atoms with Crippen LogP contribution >= 0.6 is 11.6 Å².